The van der Waals surface area contributed by atoms with Crippen molar-refractivity contribution in [1.29, 1.82) is 0 Å². The standard InChI is InChI=1S/C24H20FN3O3/c25-20-9-16(12-28-13-18(14-28)24(29)30)2-4-19(20)22-11-17-8-15(3-5-21(17)31-22)10-23-26-6-1-7-27-23/h1-9,11,18H,10,12-14H2,(H,29,30). The molecule has 1 aliphatic rings. The van der Waals surface area contributed by atoms with Crippen molar-refractivity contribution in [3.63, 3.8) is 0 Å². The SMILES string of the molecule is O=C(O)C1CN(Cc2ccc(-c3cc4cc(Cc5ncccn5)ccc4o3)c(F)c2)C1. The summed E-state index contributed by atoms with van der Waals surface area (Å²) in [6.45, 7) is 1.53. The van der Waals surface area contributed by atoms with Gasteiger partial charge >= 0.3 is 5.97 Å². The van der Waals surface area contributed by atoms with Crippen LogP contribution < -0.4 is 0 Å². The lowest BCUT2D eigenvalue weighted by molar-refractivity contribution is -0.147. The molecule has 7 heteroatoms. The van der Waals surface area contributed by atoms with Crippen LogP contribution >= 0.6 is 0 Å². The highest BCUT2D eigenvalue weighted by molar-refractivity contribution is 5.83. The van der Waals surface area contributed by atoms with E-state index in [2.05, 4.69) is 9.97 Å². The number of aliphatic carboxylic acids is 1. The number of aromatic nitrogens is 2. The average molecular weight is 417 g/mol. The third-order valence-electron chi connectivity index (χ3n) is 5.57. The van der Waals surface area contributed by atoms with E-state index in [-0.39, 0.29) is 11.7 Å². The lowest BCUT2D eigenvalue weighted by atomic mass is 9.99. The number of carbonyl (C=O) groups is 1. The van der Waals surface area contributed by atoms with E-state index in [0.717, 1.165) is 22.3 Å². The molecule has 31 heavy (non-hydrogen) atoms. The first-order valence-electron chi connectivity index (χ1n) is 10.1. The predicted octanol–water partition coefficient (Wildman–Crippen LogP) is 4.14. The zero-order valence-corrected chi connectivity index (χ0v) is 16.7. The van der Waals surface area contributed by atoms with E-state index in [1.54, 1.807) is 24.5 Å². The second-order valence-corrected chi connectivity index (χ2v) is 7.87. The maximum absolute atomic E-state index is 14.8. The van der Waals surface area contributed by atoms with E-state index >= 15 is 0 Å². The van der Waals surface area contributed by atoms with Gasteiger partial charge in [0.05, 0.1) is 11.5 Å². The third-order valence-corrected chi connectivity index (χ3v) is 5.57. The van der Waals surface area contributed by atoms with E-state index in [1.807, 2.05) is 35.2 Å². The Morgan fingerprint density at radius 3 is 2.61 bits per heavy atom. The van der Waals surface area contributed by atoms with Gasteiger partial charge in [-0.2, -0.15) is 0 Å². The fourth-order valence-electron chi connectivity index (χ4n) is 3.91. The minimum atomic E-state index is -0.776. The zero-order chi connectivity index (χ0) is 21.4. The highest BCUT2D eigenvalue weighted by atomic mass is 19.1. The highest BCUT2D eigenvalue weighted by Crippen LogP contribution is 2.31. The van der Waals surface area contributed by atoms with Gasteiger partial charge in [-0.3, -0.25) is 9.69 Å². The van der Waals surface area contributed by atoms with Crippen LogP contribution in [0, 0.1) is 11.7 Å². The van der Waals surface area contributed by atoms with Crippen molar-refractivity contribution in [2.24, 2.45) is 5.92 Å². The number of fused-ring (bicyclic) bond motifs is 1. The minimum Gasteiger partial charge on any atom is -0.481 e. The maximum Gasteiger partial charge on any atom is 0.309 e. The number of benzene rings is 2. The lowest BCUT2D eigenvalue weighted by Gasteiger charge is -2.36. The van der Waals surface area contributed by atoms with Gasteiger partial charge in [0, 0.05) is 43.8 Å². The molecule has 0 atom stereocenters. The van der Waals surface area contributed by atoms with Crippen molar-refractivity contribution < 1.29 is 18.7 Å². The Labute approximate surface area is 178 Å². The summed E-state index contributed by atoms with van der Waals surface area (Å²) in [7, 11) is 0. The first-order valence-corrected chi connectivity index (χ1v) is 10.1. The summed E-state index contributed by atoms with van der Waals surface area (Å²) in [5.74, 6) is -0.240. The molecule has 0 spiro atoms. The Bertz CT molecular complexity index is 1250. The lowest BCUT2D eigenvalue weighted by Crippen LogP contribution is -2.49. The monoisotopic (exact) mass is 417 g/mol. The number of likely N-dealkylation sites (tertiary alicyclic amines) is 1. The van der Waals surface area contributed by atoms with Crippen LogP contribution in [0.3, 0.4) is 0 Å². The molecule has 2 aromatic heterocycles. The molecule has 1 fully saturated rings. The summed E-state index contributed by atoms with van der Waals surface area (Å²) in [4.78, 5) is 21.4. The summed E-state index contributed by atoms with van der Waals surface area (Å²) in [6, 6.07) is 14.5. The number of rotatable bonds is 6. The molecule has 0 amide bonds. The molecule has 1 aliphatic heterocycles. The van der Waals surface area contributed by atoms with E-state index in [1.165, 1.54) is 6.07 Å². The summed E-state index contributed by atoms with van der Waals surface area (Å²) in [6.07, 6.45) is 4.05. The number of nitrogens with zero attached hydrogens (tertiary/aromatic N) is 3. The van der Waals surface area contributed by atoms with Crippen LogP contribution in [0.1, 0.15) is 17.0 Å². The Kier molecular flexibility index (Phi) is 4.95. The Morgan fingerprint density at radius 2 is 1.87 bits per heavy atom. The van der Waals surface area contributed by atoms with Gasteiger partial charge in [-0.1, -0.05) is 12.1 Å². The normalized spacial score (nSPS) is 14.6. The Balaban J connectivity index is 1.33. The van der Waals surface area contributed by atoms with Gasteiger partial charge in [-0.15, -0.1) is 0 Å². The molecule has 1 N–H and O–H groups in total. The third kappa shape index (κ3) is 4.04. The number of carboxylic acids is 1. The van der Waals surface area contributed by atoms with E-state index < -0.39 is 5.97 Å². The maximum atomic E-state index is 14.8. The van der Waals surface area contributed by atoms with Crippen molar-refractivity contribution in [2.45, 2.75) is 13.0 Å². The molecule has 0 radical (unpaired) electrons. The highest BCUT2D eigenvalue weighted by Gasteiger charge is 2.32. The van der Waals surface area contributed by atoms with Gasteiger partial charge in [0.25, 0.3) is 0 Å². The molecule has 156 valence electrons. The van der Waals surface area contributed by atoms with Crippen LogP contribution in [0.5, 0.6) is 0 Å². The van der Waals surface area contributed by atoms with Crippen LogP contribution in [0.2, 0.25) is 0 Å². The first-order chi connectivity index (χ1) is 15.0. The predicted molar refractivity (Wildman–Crippen MR) is 113 cm³/mol. The minimum absolute atomic E-state index is 0.321. The fraction of sp³-hybridized carbons (Fsp3) is 0.208. The second kappa shape index (κ2) is 7.92. The van der Waals surface area contributed by atoms with Crippen LogP contribution in [0.4, 0.5) is 4.39 Å². The quantitative estimate of drug-likeness (QED) is 0.508. The number of hydrogen-bond donors (Lipinski definition) is 1. The molecule has 0 bridgehead atoms. The topological polar surface area (TPSA) is 79.5 Å². The molecule has 6 nitrogen and oxygen atoms in total. The average Bonchev–Trinajstić information content (AvgIpc) is 3.14. The fourth-order valence-corrected chi connectivity index (χ4v) is 3.91. The second-order valence-electron chi connectivity index (χ2n) is 7.87. The van der Waals surface area contributed by atoms with Crippen molar-refractivity contribution in [3.05, 3.63) is 83.7 Å². The molecule has 0 unspecified atom stereocenters. The smallest absolute Gasteiger partial charge is 0.309 e. The van der Waals surface area contributed by atoms with Crippen molar-refractivity contribution >= 4 is 16.9 Å². The molecule has 3 heterocycles. The zero-order valence-electron chi connectivity index (χ0n) is 16.7. The van der Waals surface area contributed by atoms with Gasteiger partial charge in [0.1, 0.15) is 23.0 Å². The molecule has 1 saturated heterocycles. The molecule has 2 aromatic carbocycles. The largest absolute Gasteiger partial charge is 0.481 e. The van der Waals surface area contributed by atoms with Crippen molar-refractivity contribution in [3.8, 4) is 11.3 Å². The van der Waals surface area contributed by atoms with E-state index in [9.17, 15) is 9.18 Å². The summed E-state index contributed by atoms with van der Waals surface area (Å²) < 4.78 is 20.7. The van der Waals surface area contributed by atoms with Crippen molar-refractivity contribution in [1.82, 2.24) is 14.9 Å². The number of furan rings is 1. The first kappa shape index (κ1) is 19.4. The van der Waals surface area contributed by atoms with Crippen LogP contribution in [-0.2, 0) is 17.8 Å². The molecule has 5 rings (SSSR count). The van der Waals surface area contributed by atoms with Gasteiger partial charge in [0.2, 0.25) is 0 Å². The van der Waals surface area contributed by atoms with Gasteiger partial charge < -0.3 is 9.52 Å². The number of halogens is 1. The van der Waals surface area contributed by atoms with E-state index in [0.29, 0.717) is 43.0 Å². The van der Waals surface area contributed by atoms with E-state index in [4.69, 9.17) is 9.52 Å². The molecular weight excluding hydrogens is 397 g/mol. The Hall–Kier alpha value is -3.58. The summed E-state index contributed by atoms with van der Waals surface area (Å²) >= 11 is 0. The van der Waals surface area contributed by atoms with Crippen LogP contribution in [0.15, 0.2) is 65.3 Å². The van der Waals surface area contributed by atoms with Crippen LogP contribution in [0.25, 0.3) is 22.3 Å². The van der Waals surface area contributed by atoms with Crippen molar-refractivity contribution in [2.75, 3.05) is 13.1 Å². The van der Waals surface area contributed by atoms with Gasteiger partial charge in [-0.25, -0.2) is 14.4 Å². The van der Waals surface area contributed by atoms with Gasteiger partial charge in [0.15, 0.2) is 0 Å². The molecular formula is C24H20FN3O3. The molecule has 0 saturated carbocycles. The Morgan fingerprint density at radius 1 is 1.10 bits per heavy atom. The number of hydrogen-bond acceptors (Lipinski definition) is 5. The molecule has 0 aliphatic carbocycles. The summed E-state index contributed by atoms with van der Waals surface area (Å²) in [5, 5.41) is 9.87. The molecule has 4 aromatic rings. The van der Waals surface area contributed by atoms with Gasteiger partial charge in [-0.05, 0) is 47.5 Å². The summed E-state index contributed by atoms with van der Waals surface area (Å²) in [5.41, 5.74) is 2.96. The number of carboxylic acid groups (broad SMARTS) is 1. The van der Waals surface area contributed by atoms with Crippen LogP contribution in [-0.4, -0.2) is 39.0 Å².